The second-order valence-corrected chi connectivity index (χ2v) is 4.66. The summed E-state index contributed by atoms with van der Waals surface area (Å²) in [5.41, 5.74) is 4.34. The topological polar surface area (TPSA) is 61.6 Å². The highest BCUT2D eigenvalue weighted by atomic mass is 15.6. The maximum Gasteiger partial charge on any atom is 0.254 e. The molecule has 0 aromatic carbocycles. The average Bonchev–Trinajstić information content (AvgIpc) is 2.80. The average molecular weight is 247 g/mol. The molecule has 7 heteroatoms. The Morgan fingerprint density at radius 2 is 2.00 bits per heavy atom. The number of rotatable bonds is 2. The fourth-order valence-corrected chi connectivity index (χ4v) is 2.09. The van der Waals surface area contributed by atoms with Crippen LogP contribution in [0.2, 0.25) is 0 Å². The van der Waals surface area contributed by atoms with Gasteiger partial charge in [0.1, 0.15) is 12.1 Å². The van der Waals surface area contributed by atoms with E-state index in [2.05, 4.69) is 37.4 Å². The van der Waals surface area contributed by atoms with Crippen LogP contribution in [-0.4, -0.2) is 62.7 Å². The summed E-state index contributed by atoms with van der Waals surface area (Å²) in [5.74, 6) is 1.55. The Morgan fingerprint density at radius 1 is 1.22 bits per heavy atom. The monoisotopic (exact) mass is 247 g/mol. The quantitative estimate of drug-likeness (QED) is 0.806. The van der Waals surface area contributed by atoms with E-state index < -0.39 is 0 Å². The van der Waals surface area contributed by atoms with Crippen LogP contribution in [0.15, 0.2) is 12.4 Å². The van der Waals surface area contributed by atoms with Crippen molar-refractivity contribution >= 4 is 11.6 Å². The van der Waals surface area contributed by atoms with Crippen LogP contribution in [0, 0.1) is 6.92 Å². The molecule has 0 amide bonds. The van der Waals surface area contributed by atoms with Gasteiger partial charge in [0.25, 0.3) is 5.78 Å². The minimum absolute atomic E-state index is 0.631. The molecule has 3 heterocycles. The van der Waals surface area contributed by atoms with Gasteiger partial charge in [-0.1, -0.05) is 0 Å². The molecule has 0 saturated carbocycles. The summed E-state index contributed by atoms with van der Waals surface area (Å²) in [6, 6.07) is 1.99. The molecule has 1 saturated heterocycles. The van der Waals surface area contributed by atoms with Gasteiger partial charge in [-0.3, -0.25) is 0 Å². The molecule has 1 fully saturated rings. The summed E-state index contributed by atoms with van der Waals surface area (Å²) < 4.78 is 1.73. The lowest BCUT2D eigenvalue weighted by molar-refractivity contribution is 0.178. The first-order valence-electron chi connectivity index (χ1n) is 6.10. The van der Waals surface area contributed by atoms with E-state index in [1.807, 2.05) is 13.0 Å². The molecule has 0 atom stereocenters. The summed E-state index contributed by atoms with van der Waals surface area (Å²) in [4.78, 5) is 10.8. The molecule has 0 unspecified atom stereocenters. The number of hydrogen-bond donors (Lipinski definition) is 1. The summed E-state index contributed by atoms with van der Waals surface area (Å²) in [6.45, 7) is 6.08. The molecule has 18 heavy (non-hydrogen) atoms. The highest BCUT2D eigenvalue weighted by molar-refractivity contribution is 5.43. The van der Waals surface area contributed by atoms with Crippen molar-refractivity contribution in [2.75, 3.05) is 38.7 Å². The molecule has 0 aliphatic carbocycles. The first-order chi connectivity index (χ1) is 8.72. The second kappa shape index (κ2) is 4.51. The van der Waals surface area contributed by atoms with Gasteiger partial charge in [0.2, 0.25) is 0 Å². The number of piperazine rings is 1. The Kier molecular flexibility index (Phi) is 2.85. The highest BCUT2D eigenvalue weighted by Gasteiger charge is 2.15. The molecule has 7 nitrogen and oxygen atoms in total. The van der Waals surface area contributed by atoms with Gasteiger partial charge in [-0.05, 0) is 14.0 Å². The molecule has 2 aromatic heterocycles. The maximum absolute atomic E-state index is 4.32. The van der Waals surface area contributed by atoms with E-state index in [4.69, 9.17) is 0 Å². The largest absolute Gasteiger partial charge is 0.304 e. The molecule has 0 bridgehead atoms. The molecule has 2 aromatic rings. The van der Waals surface area contributed by atoms with E-state index in [0.717, 1.165) is 37.7 Å². The normalized spacial score (nSPS) is 18.3. The van der Waals surface area contributed by atoms with Gasteiger partial charge in [-0.2, -0.15) is 14.6 Å². The van der Waals surface area contributed by atoms with E-state index in [0.29, 0.717) is 5.78 Å². The predicted octanol–water partition coefficient (Wildman–Crippen LogP) is 0.00702. The van der Waals surface area contributed by atoms with Crippen LogP contribution in [0.4, 0.5) is 5.82 Å². The first-order valence-corrected chi connectivity index (χ1v) is 6.10. The Labute approximate surface area is 105 Å². The van der Waals surface area contributed by atoms with Crippen molar-refractivity contribution in [2.45, 2.75) is 6.92 Å². The number of likely N-dealkylation sites (N-methyl/N-ethyl adjacent to an activating group) is 1. The van der Waals surface area contributed by atoms with Crippen molar-refractivity contribution < 1.29 is 0 Å². The van der Waals surface area contributed by atoms with E-state index in [9.17, 15) is 0 Å². The maximum atomic E-state index is 4.32. The third-order valence-electron chi connectivity index (χ3n) is 3.16. The molecule has 96 valence electrons. The molecular weight excluding hydrogens is 230 g/mol. The van der Waals surface area contributed by atoms with Gasteiger partial charge in [0.05, 0.1) is 0 Å². The molecule has 1 N–H and O–H groups in total. The Bertz CT molecular complexity index is 541. The van der Waals surface area contributed by atoms with Crippen LogP contribution >= 0.6 is 0 Å². The molecule has 1 aliphatic heterocycles. The van der Waals surface area contributed by atoms with Crippen LogP contribution < -0.4 is 5.43 Å². The minimum Gasteiger partial charge on any atom is -0.304 e. The van der Waals surface area contributed by atoms with E-state index in [1.165, 1.54) is 6.33 Å². The standard InChI is InChI=1S/C11H17N7/c1-9-7-10(18-11(14-9)12-8-13-18)15-17-5-3-16(2)4-6-17/h7-8,15H,3-6H2,1-2H3. The number of aromatic nitrogens is 4. The lowest BCUT2D eigenvalue weighted by Crippen LogP contribution is -2.47. The number of aryl methyl sites for hydroxylation is 1. The van der Waals surface area contributed by atoms with Crippen LogP contribution in [-0.2, 0) is 0 Å². The van der Waals surface area contributed by atoms with E-state index >= 15 is 0 Å². The van der Waals surface area contributed by atoms with Crippen molar-refractivity contribution in [3.05, 3.63) is 18.1 Å². The van der Waals surface area contributed by atoms with Gasteiger partial charge in [-0.25, -0.2) is 9.99 Å². The number of nitrogens with one attached hydrogen (secondary N) is 1. The Morgan fingerprint density at radius 3 is 2.78 bits per heavy atom. The molecule has 0 radical (unpaired) electrons. The molecular formula is C11H17N7. The summed E-state index contributed by atoms with van der Waals surface area (Å²) in [7, 11) is 2.14. The zero-order valence-corrected chi connectivity index (χ0v) is 10.7. The lowest BCUT2D eigenvalue weighted by atomic mass is 10.4. The van der Waals surface area contributed by atoms with Crippen LogP contribution in [0.5, 0.6) is 0 Å². The van der Waals surface area contributed by atoms with Crippen molar-refractivity contribution in [1.82, 2.24) is 29.5 Å². The third-order valence-corrected chi connectivity index (χ3v) is 3.16. The first kappa shape index (κ1) is 11.4. The Hall–Kier alpha value is -1.73. The Balaban J connectivity index is 1.83. The van der Waals surface area contributed by atoms with Gasteiger partial charge in [0, 0.05) is 37.9 Å². The van der Waals surface area contributed by atoms with Gasteiger partial charge in [0.15, 0.2) is 0 Å². The van der Waals surface area contributed by atoms with E-state index in [1.54, 1.807) is 4.52 Å². The number of anilines is 1. The number of hydrogen-bond acceptors (Lipinski definition) is 6. The van der Waals surface area contributed by atoms with Crippen molar-refractivity contribution in [2.24, 2.45) is 0 Å². The number of nitrogens with zero attached hydrogens (tertiary/aromatic N) is 6. The van der Waals surface area contributed by atoms with Crippen LogP contribution in [0.1, 0.15) is 5.69 Å². The minimum atomic E-state index is 0.631. The fourth-order valence-electron chi connectivity index (χ4n) is 2.09. The summed E-state index contributed by atoms with van der Waals surface area (Å²) in [6.07, 6.45) is 1.52. The fraction of sp³-hybridized carbons (Fsp3) is 0.545. The summed E-state index contributed by atoms with van der Waals surface area (Å²) in [5, 5.41) is 6.39. The van der Waals surface area contributed by atoms with Crippen molar-refractivity contribution in [3.63, 3.8) is 0 Å². The molecule has 0 spiro atoms. The lowest BCUT2D eigenvalue weighted by Gasteiger charge is -2.32. The zero-order valence-electron chi connectivity index (χ0n) is 10.7. The van der Waals surface area contributed by atoms with Crippen molar-refractivity contribution in [1.29, 1.82) is 0 Å². The SMILES string of the molecule is Cc1cc(NN2CCN(C)CC2)n2ncnc2n1. The van der Waals surface area contributed by atoms with Gasteiger partial charge < -0.3 is 10.3 Å². The number of hydrazine groups is 1. The van der Waals surface area contributed by atoms with Gasteiger partial charge in [-0.15, -0.1) is 0 Å². The van der Waals surface area contributed by atoms with E-state index in [-0.39, 0.29) is 0 Å². The third kappa shape index (κ3) is 2.14. The smallest absolute Gasteiger partial charge is 0.254 e. The van der Waals surface area contributed by atoms with Crippen LogP contribution in [0.3, 0.4) is 0 Å². The zero-order chi connectivity index (χ0) is 12.5. The summed E-state index contributed by atoms with van der Waals surface area (Å²) >= 11 is 0. The molecule has 3 rings (SSSR count). The van der Waals surface area contributed by atoms with Crippen LogP contribution in [0.25, 0.3) is 5.78 Å². The second-order valence-electron chi connectivity index (χ2n) is 4.66. The van der Waals surface area contributed by atoms with Gasteiger partial charge >= 0.3 is 0 Å². The highest BCUT2D eigenvalue weighted by Crippen LogP contribution is 2.11. The predicted molar refractivity (Wildman–Crippen MR) is 68.2 cm³/mol. The van der Waals surface area contributed by atoms with Crippen molar-refractivity contribution in [3.8, 4) is 0 Å². The number of fused-ring (bicyclic) bond motifs is 1. The molecule has 1 aliphatic rings.